The van der Waals surface area contributed by atoms with Gasteiger partial charge in [-0.1, -0.05) is 12.1 Å². The van der Waals surface area contributed by atoms with Crippen molar-refractivity contribution in [2.24, 2.45) is 5.73 Å². The summed E-state index contributed by atoms with van der Waals surface area (Å²) >= 11 is 0. The molecule has 1 aromatic rings. The minimum Gasteiger partial charge on any atom is -0.329 e. The molecule has 0 spiro atoms. The average Bonchev–Trinajstić information content (AvgIpc) is 2.17. The van der Waals surface area contributed by atoms with Crippen molar-refractivity contribution in [3.8, 4) is 0 Å². The van der Waals surface area contributed by atoms with Crippen molar-refractivity contribution in [2.75, 3.05) is 12.3 Å². The molecule has 0 aliphatic rings. The van der Waals surface area contributed by atoms with Crippen molar-refractivity contribution < 1.29 is 12.8 Å². The largest absolute Gasteiger partial charge is 0.329 e. The molecule has 1 aromatic carbocycles. The predicted octanol–water partition coefficient (Wildman–Crippen LogP) is 0.626. The molecule has 0 aliphatic heterocycles. The molecule has 0 aromatic heterocycles. The number of hydrogen-bond acceptors (Lipinski definition) is 3. The van der Waals surface area contributed by atoms with E-state index in [9.17, 15) is 12.8 Å². The maximum Gasteiger partial charge on any atom is 0.213 e. The van der Waals surface area contributed by atoms with Gasteiger partial charge in [-0.3, -0.25) is 0 Å². The van der Waals surface area contributed by atoms with Crippen LogP contribution >= 0.6 is 12.4 Å². The minimum atomic E-state index is -3.31. The van der Waals surface area contributed by atoms with E-state index in [1.54, 1.807) is 0 Å². The molecule has 1 rings (SSSR count). The lowest BCUT2D eigenvalue weighted by Gasteiger charge is -2.05. The zero-order valence-electron chi connectivity index (χ0n) is 8.52. The van der Waals surface area contributed by atoms with E-state index < -0.39 is 10.0 Å². The second kappa shape index (κ2) is 6.80. The third-order valence-corrected chi connectivity index (χ3v) is 3.15. The summed E-state index contributed by atoms with van der Waals surface area (Å²) in [6.45, 7) is 0.237. The van der Waals surface area contributed by atoms with Crippen LogP contribution in [0.15, 0.2) is 24.3 Å². The quantitative estimate of drug-likeness (QED) is 0.823. The van der Waals surface area contributed by atoms with Gasteiger partial charge in [0.05, 0.1) is 5.75 Å². The molecule has 0 aliphatic carbocycles. The maximum absolute atomic E-state index is 12.5. The smallest absolute Gasteiger partial charge is 0.213 e. The lowest BCUT2D eigenvalue weighted by atomic mass is 10.2. The first-order valence-corrected chi connectivity index (χ1v) is 6.10. The van der Waals surface area contributed by atoms with Crippen LogP contribution in [0.4, 0.5) is 4.39 Å². The highest BCUT2D eigenvalue weighted by Gasteiger charge is 2.07. The van der Waals surface area contributed by atoms with Gasteiger partial charge in [-0.25, -0.2) is 17.5 Å². The van der Waals surface area contributed by atoms with Crippen LogP contribution in [0.2, 0.25) is 0 Å². The highest BCUT2D eigenvalue weighted by atomic mass is 35.5. The minimum absolute atomic E-state index is 0. The fraction of sp³-hybridized carbons (Fsp3) is 0.333. The average molecular weight is 269 g/mol. The third kappa shape index (κ3) is 5.41. The first kappa shape index (κ1) is 15.3. The van der Waals surface area contributed by atoms with Gasteiger partial charge in [0, 0.05) is 13.1 Å². The number of hydrogen-bond donors (Lipinski definition) is 2. The second-order valence-electron chi connectivity index (χ2n) is 3.06. The van der Waals surface area contributed by atoms with E-state index in [1.807, 2.05) is 0 Å². The fourth-order valence-electron chi connectivity index (χ4n) is 1.02. The van der Waals surface area contributed by atoms with Crippen LogP contribution in [0.25, 0.3) is 0 Å². The summed E-state index contributed by atoms with van der Waals surface area (Å²) in [5.74, 6) is -0.447. The molecule has 0 amide bonds. The maximum atomic E-state index is 12.5. The van der Waals surface area contributed by atoms with Crippen LogP contribution in [-0.2, 0) is 16.6 Å². The third-order valence-electron chi connectivity index (χ3n) is 1.80. The van der Waals surface area contributed by atoms with Crippen molar-refractivity contribution >= 4 is 22.4 Å². The number of nitrogens with two attached hydrogens (primary N) is 1. The Balaban J connectivity index is 0.00000225. The monoisotopic (exact) mass is 268 g/mol. The van der Waals surface area contributed by atoms with Gasteiger partial charge in [-0.15, -0.1) is 12.4 Å². The van der Waals surface area contributed by atoms with Gasteiger partial charge in [0.25, 0.3) is 0 Å². The molecule has 16 heavy (non-hydrogen) atoms. The Morgan fingerprint density at radius 2 is 1.81 bits per heavy atom. The molecule has 4 nitrogen and oxygen atoms in total. The normalized spacial score (nSPS) is 10.9. The van der Waals surface area contributed by atoms with Gasteiger partial charge >= 0.3 is 0 Å². The molecule has 3 N–H and O–H groups in total. The molecule has 0 heterocycles. The van der Waals surface area contributed by atoms with Crippen molar-refractivity contribution in [3.63, 3.8) is 0 Å². The molecular weight excluding hydrogens is 255 g/mol. The number of benzene rings is 1. The van der Waals surface area contributed by atoms with Crippen LogP contribution in [0.5, 0.6) is 0 Å². The molecule has 0 radical (unpaired) electrons. The molecule has 0 saturated heterocycles. The summed E-state index contributed by atoms with van der Waals surface area (Å²) < 4.78 is 37.3. The van der Waals surface area contributed by atoms with Gasteiger partial charge in [-0.05, 0) is 17.7 Å². The van der Waals surface area contributed by atoms with Crippen molar-refractivity contribution in [1.29, 1.82) is 0 Å². The molecule has 0 bridgehead atoms. The zero-order valence-corrected chi connectivity index (χ0v) is 10.2. The van der Waals surface area contributed by atoms with Gasteiger partial charge in [0.1, 0.15) is 5.82 Å². The van der Waals surface area contributed by atoms with E-state index in [4.69, 9.17) is 5.73 Å². The molecule has 0 atom stereocenters. The van der Waals surface area contributed by atoms with E-state index in [0.29, 0.717) is 5.56 Å². The van der Waals surface area contributed by atoms with E-state index in [0.717, 1.165) is 0 Å². The molecule has 0 unspecified atom stereocenters. The molecular formula is C9H14ClFN2O2S. The predicted molar refractivity (Wildman–Crippen MR) is 63.3 cm³/mol. The van der Waals surface area contributed by atoms with Gasteiger partial charge < -0.3 is 5.73 Å². The molecule has 92 valence electrons. The number of rotatable bonds is 5. The SMILES string of the molecule is Cl.NCCS(=O)(=O)NCc1ccc(F)cc1. The molecule has 0 saturated carbocycles. The Morgan fingerprint density at radius 3 is 2.31 bits per heavy atom. The lowest BCUT2D eigenvalue weighted by Crippen LogP contribution is -2.29. The second-order valence-corrected chi connectivity index (χ2v) is 4.98. The van der Waals surface area contributed by atoms with E-state index >= 15 is 0 Å². The number of sulfonamides is 1. The molecule has 7 heteroatoms. The van der Waals surface area contributed by atoms with Gasteiger partial charge in [0.15, 0.2) is 0 Å². The molecule has 0 fully saturated rings. The fourth-order valence-corrected chi connectivity index (χ4v) is 1.86. The number of nitrogens with one attached hydrogen (secondary N) is 1. The summed E-state index contributed by atoms with van der Waals surface area (Å²) in [5.41, 5.74) is 5.84. The summed E-state index contributed by atoms with van der Waals surface area (Å²) in [6, 6.07) is 5.62. The Hall–Kier alpha value is -0.690. The Bertz CT molecular complexity index is 408. The van der Waals surface area contributed by atoms with Gasteiger partial charge in [-0.2, -0.15) is 0 Å². The van der Waals surface area contributed by atoms with E-state index in [1.165, 1.54) is 24.3 Å². The Kier molecular flexibility index (Phi) is 6.51. The summed E-state index contributed by atoms with van der Waals surface area (Å²) in [4.78, 5) is 0. The summed E-state index contributed by atoms with van der Waals surface area (Å²) in [6.07, 6.45) is 0. The van der Waals surface area contributed by atoms with E-state index in [-0.39, 0.29) is 37.1 Å². The number of halogens is 2. The summed E-state index contributed by atoms with van der Waals surface area (Å²) in [7, 11) is -3.31. The van der Waals surface area contributed by atoms with Crippen LogP contribution in [-0.4, -0.2) is 20.7 Å². The van der Waals surface area contributed by atoms with Crippen molar-refractivity contribution in [2.45, 2.75) is 6.54 Å². The first-order chi connectivity index (χ1) is 7.03. The summed E-state index contributed by atoms with van der Waals surface area (Å²) in [5, 5.41) is 0. The van der Waals surface area contributed by atoms with Gasteiger partial charge in [0.2, 0.25) is 10.0 Å². The van der Waals surface area contributed by atoms with Crippen LogP contribution < -0.4 is 10.5 Å². The van der Waals surface area contributed by atoms with Crippen molar-refractivity contribution in [3.05, 3.63) is 35.6 Å². The van der Waals surface area contributed by atoms with Crippen LogP contribution in [0.1, 0.15) is 5.56 Å². The first-order valence-electron chi connectivity index (χ1n) is 4.45. The standard InChI is InChI=1S/C9H13FN2O2S.ClH/c10-9-3-1-8(2-4-9)7-12-15(13,14)6-5-11;/h1-4,12H,5-7,11H2;1H. The van der Waals surface area contributed by atoms with Crippen LogP contribution in [0.3, 0.4) is 0 Å². The van der Waals surface area contributed by atoms with Crippen molar-refractivity contribution in [1.82, 2.24) is 4.72 Å². The zero-order chi connectivity index (χ0) is 11.3. The highest BCUT2D eigenvalue weighted by molar-refractivity contribution is 7.89. The Morgan fingerprint density at radius 1 is 1.25 bits per heavy atom. The lowest BCUT2D eigenvalue weighted by molar-refractivity contribution is 0.581. The Labute approximate surface area is 100 Å². The topological polar surface area (TPSA) is 72.2 Å². The highest BCUT2D eigenvalue weighted by Crippen LogP contribution is 2.02. The van der Waals surface area contributed by atoms with Crippen LogP contribution in [0, 0.1) is 5.82 Å². The van der Waals surface area contributed by atoms with E-state index in [2.05, 4.69) is 4.72 Å².